The molecule has 0 bridgehead atoms. The average Bonchev–Trinajstić information content (AvgIpc) is 2.79. The summed E-state index contributed by atoms with van der Waals surface area (Å²) >= 11 is 0. The standard InChI is InChI=1S/C19H28N2O3.C2H2O4/c1-23-17-10-6-9-16(18(17)24-2)19(22)21-13-11-20(12-14-21)15-7-4-3-5-8-15;3-1(4)2(5)6/h6,9-10,15H,3-5,7-8,11-14H2,1-2H3;(H,3,4)(H,5,6). The fourth-order valence-electron chi connectivity index (χ4n) is 3.96. The molecule has 0 aromatic heterocycles. The minimum Gasteiger partial charge on any atom is -0.493 e. The molecule has 2 aliphatic rings. The zero-order chi connectivity index (χ0) is 22.1. The van der Waals surface area contributed by atoms with E-state index in [4.69, 9.17) is 29.3 Å². The third kappa shape index (κ3) is 6.09. The van der Waals surface area contributed by atoms with E-state index in [1.807, 2.05) is 23.1 Å². The molecule has 1 aliphatic heterocycles. The zero-order valence-corrected chi connectivity index (χ0v) is 17.5. The van der Waals surface area contributed by atoms with Crippen LogP contribution in [-0.4, -0.2) is 84.3 Å². The highest BCUT2D eigenvalue weighted by Gasteiger charge is 2.29. The van der Waals surface area contributed by atoms with Crippen molar-refractivity contribution in [2.24, 2.45) is 0 Å². The van der Waals surface area contributed by atoms with E-state index in [0.717, 1.165) is 32.2 Å². The Morgan fingerprint density at radius 1 is 0.900 bits per heavy atom. The molecule has 2 fully saturated rings. The fourth-order valence-corrected chi connectivity index (χ4v) is 3.96. The monoisotopic (exact) mass is 422 g/mol. The van der Waals surface area contributed by atoms with Crippen molar-refractivity contribution in [1.29, 1.82) is 0 Å². The second-order valence-corrected chi connectivity index (χ2v) is 7.27. The smallest absolute Gasteiger partial charge is 0.414 e. The first kappa shape index (κ1) is 23.5. The van der Waals surface area contributed by atoms with Crippen molar-refractivity contribution in [3.63, 3.8) is 0 Å². The molecular weight excluding hydrogens is 392 g/mol. The Labute approximate surface area is 176 Å². The molecule has 1 saturated carbocycles. The molecule has 30 heavy (non-hydrogen) atoms. The Morgan fingerprint density at radius 2 is 1.50 bits per heavy atom. The minimum atomic E-state index is -1.82. The van der Waals surface area contributed by atoms with Gasteiger partial charge in [-0.1, -0.05) is 25.3 Å². The Kier molecular flexibility index (Phi) is 8.91. The molecule has 3 rings (SSSR count). The Morgan fingerprint density at radius 3 is 2.00 bits per heavy atom. The van der Waals surface area contributed by atoms with Gasteiger partial charge >= 0.3 is 11.9 Å². The molecule has 9 heteroatoms. The maximum Gasteiger partial charge on any atom is 0.414 e. The number of carboxylic acids is 2. The second-order valence-electron chi connectivity index (χ2n) is 7.27. The molecule has 0 spiro atoms. The van der Waals surface area contributed by atoms with Crippen molar-refractivity contribution >= 4 is 17.8 Å². The summed E-state index contributed by atoms with van der Waals surface area (Å²) in [5.74, 6) is -2.48. The summed E-state index contributed by atoms with van der Waals surface area (Å²) in [5, 5.41) is 14.8. The summed E-state index contributed by atoms with van der Waals surface area (Å²) in [6, 6.07) is 6.20. The number of ether oxygens (including phenoxy) is 2. The highest BCUT2D eigenvalue weighted by molar-refractivity contribution is 6.27. The number of carbonyl (C=O) groups is 3. The first-order chi connectivity index (χ1) is 14.4. The van der Waals surface area contributed by atoms with E-state index in [0.29, 0.717) is 17.1 Å². The molecule has 1 amide bonds. The van der Waals surface area contributed by atoms with Crippen molar-refractivity contribution in [3.8, 4) is 11.5 Å². The third-order valence-electron chi connectivity index (χ3n) is 5.51. The second kappa shape index (κ2) is 11.4. The molecule has 2 N–H and O–H groups in total. The van der Waals surface area contributed by atoms with E-state index in [1.54, 1.807) is 14.2 Å². The van der Waals surface area contributed by atoms with Crippen LogP contribution in [0.4, 0.5) is 0 Å². The number of methoxy groups -OCH3 is 2. The van der Waals surface area contributed by atoms with Crippen LogP contribution in [-0.2, 0) is 9.59 Å². The molecule has 1 aromatic carbocycles. The Hall–Kier alpha value is -2.81. The van der Waals surface area contributed by atoms with Crippen LogP contribution in [0.1, 0.15) is 42.5 Å². The normalized spacial score (nSPS) is 17.5. The van der Waals surface area contributed by atoms with Gasteiger partial charge in [-0.3, -0.25) is 9.69 Å². The van der Waals surface area contributed by atoms with Gasteiger partial charge in [-0.25, -0.2) is 9.59 Å². The Balaban J connectivity index is 0.000000469. The predicted molar refractivity (Wildman–Crippen MR) is 109 cm³/mol. The number of hydrogen-bond acceptors (Lipinski definition) is 6. The molecular formula is C21H30N2O7. The number of para-hydroxylation sites is 1. The van der Waals surface area contributed by atoms with Gasteiger partial charge in [-0.2, -0.15) is 0 Å². The van der Waals surface area contributed by atoms with Gasteiger partial charge in [0.2, 0.25) is 0 Å². The van der Waals surface area contributed by atoms with Crippen LogP contribution >= 0.6 is 0 Å². The first-order valence-corrected chi connectivity index (χ1v) is 10.1. The van der Waals surface area contributed by atoms with Gasteiger partial charge in [0.15, 0.2) is 11.5 Å². The number of nitrogens with zero attached hydrogens (tertiary/aromatic N) is 2. The third-order valence-corrected chi connectivity index (χ3v) is 5.51. The van der Waals surface area contributed by atoms with Gasteiger partial charge in [0.25, 0.3) is 5.91 Å². The maximum atomic E-state index is 12.9. The van der Waals surface area contributed by atoms with Crippen LogP contribution in [0.2, 0.25) is 0 Å². The van der Waals surface area contributed by atoms with Gasteiger partial charge in [0.05, 0.1) is 19.8 Å². The summed E-state index contributed by atoms with van der Waals surface area (Å²) in [7, 11) is 3.17. The van der Waals surface area contributed by atoms with E-state index < -0.39 is 11.9 Å². The van der Waals surface area contributed by atoms with Crippen molar-refractivity contribution in [2.45, 2.75) is 38.1 Å². The van der Waals surface area contributed by atoms with Crippen LogP contribution in [0.25, 0.3) is 0 Å². The molecule has 0 unspecified atom stereocenters. The lowest BCUT2D eigenvalue weighted by Gasteiger charge is -2.40. The molecule has 9 nitrogen and oxygen atoms in total. The van der Waals surface area contributed by atoms with E-state index in [1.165, 1.54) is 32.1 Å². The molecule has 166 valence electrons. The zero-order valence-electron chi connectivity index (χ0n) is 17.5. The topological polar surface area (TPSA) is 117 Å². The van der Waals surface area contributed by atoms with Crippen LogP contribution in [0.15, 0.2) is 18.2 Å². The fraction of sp³-hybridized carbons (Fsp3) is 0.571. The van der Waals surface area contributed by atoms with Crippen LogP contribution in [0.5, 0.6) is 11.5 Å². The van der Waals surface area contributed by atoms with Gasteiger partial charge in [0, 0.05) is 32.2 Å². The molecule has 1 heterocycles. The maximum absolute atomic E-state index is 12.9. The lowest BCUT2D eigenvalue weighted by molar-refractivity contribution is -0.159. The molecule has 1 saturated heterocycles. The summed E-state index contributed by atoms with van der Waals surface area (Å²) in [5.41, 5.74) is 0.586. The molecule has 1 aromatic rings. The number of hydrogen-bond donors (Lipinski definition) is 2. The van der Waals surface area contributed by atoms with Gasteiger partial charge in [-0.05, 0) is 25.0 Å². The largest absolute Gasteiger partial charge is 0.493 e. The number of rotatable bonds is 4. The van der Waals surface area contributed by atoms with Crippen molar-refractivity contribution in [2.75, 3.05) is 40.4 Å². The summed E-state index contributed by atoms with van der Waals surface area (Å²) in [6.45, 7) is 3.52. The molecule has 1 aliphatic carbocycles. The van der Waals surface area contributed by atoms with E-state index in [2.05, 4.69) is 4.90 Å². The predicted octanol–water partition coefficient (Wildman–Crippen LogP) is 1.95. The van der Waals surface area contributed by atoms with E-state index >= 15 is 0 Å². The first-order valence-electron chi connectivity index (χ1n) is 10.1. The Bertz CT molecular complexity index is 727. The highest BCUT2D eigenvalue weighted by atomic mass is 16.5. The van der Waals surface area contributed by atoms with Gasteiger partial charge < -0.3 is 24.6 Å². The molecule has 0 radical (unpaired) electrons. The van der Waals surface area contributed by atoms with Crippen LogP contribution in [0, 0.1) is 0 Å². The number of carboxylic acid groups (broad SMARTS) is 2. The number of benzene rings is 1. The average molecular weight is 422 g/mol. The number of piperazine rings is 1. The van der Waals surface area contributed by atoms with Crippen molar-refractivity contribution < 1.29 is 34.1 Å². The van der Waals surface area contributed by atoms with E-state index in [-0.39, 0.29) is 5.91 Å². The summed E-state index contributed by atoms with van der Waals surface area (Å²) in [6.07, 6.45) is 6.72. The SMILES string of the molecule is COc1cccc(C(=O)N2CCN(C3CCCCC3)CC2)c1OC.O=C(O)C(=O)O. The lowest BCUT2D eigenvalue weighted by Crippen LogP contribution is -2.52. The quantitative estimate of drug-likeness (QED) is 0.707. The lowest BCUT2D eigenvalue weighted by atomic mass is 9.94. The van der Waals surface area contributed by atoms with Crippen molar-refractivity contribution in [1.82, 2.24) is 9.80 Å². The number of amides is 1. The van der Waals surface area contributed by atoms with Crippen LogP contribution in [0.3, 0.4) is 0 Å². The summed E-state index contributed by atoms with van der Waals surface area (Å²) in [4.78, 5) is 35.6. The highest BCUT2D eigenvalue weighted by Crippen LogP contribution is 2.32. The number of aliphatic carboxylic acids is 2. The summed E-state index contributed by atoms with van der Waals surface area (Å²) < 4.78 is 10.7. The minimum absolute atomic E-state index is 0.0362. The van der Waals surface area contributed by atoms with Crippen molar-refractivity contribution in [3.05, 3.63) is 23.8 Å². The van der Waals surface area contributed by atoms with Crippen LogP contribution < -0.4 is 9.47 Å². The number of carbonyl (C=O) groups excluding carboxylic acids is 1. The van der Waals surface area contributed by atoms with Gasteiger partial charge in [0.1, 0.15) is 0 Å². The molecule has 0 atom stereocenters. The van der Waals surface area contributed by atoms with Gasteiger partial charge in [-0.15, -0.1) is 0 Å². The van der Waals surface area contributed by atoms with E-state index in [9.17, 15) is 4.79 Å².